The Morgan fingerprint density at radius 1 is 1.30 bits per heavy atom. The second-order valence-corrected chi connectivity index (χ2v) is 7.47. The maximum atomic E-state index is 11.1. The lowest BCUT2D eigenvalue weighted by molar-refractivity contribution is 0.286. The van der Waals surface area contributed by atoms with Crippen LogP contribution in [0.2, 0.25) is 0 Å². The van der Waals surface area contributed by atoms with E-state index in [-0.39, 0.29) is 12.4 Å². The first-order valence-corrected chi connectivity index (χ1v) is 9.18. The third kappa shape index (κ3) is 5.68. The molecule has 5 nitrogen and oxygen atoms in total. The predicted molar refractivity (Wildman–Crippen MR) is 83.3 cm³/mol. The fourth-order valence-corrected chi connectivity index (χ4v) is 2.62. The molecule has 1 aromatic carbocycles. The molecular weight excluding hydrogens is 346 g/mol. The van der Waals surface area contributed by atoms with Crippen LogP contribution in [0.1, 0.15) is 12.5 Å². The van der Waals surface area contributed by atoms with Crippen molar-refractivity contribution in [2.75, 3.05) is 31.8 Å². The van der Waals surface area contributed by atoms with Crippen molar-refractivity contribution in [2.45, 2.75) is 13.3 Å². The molecule has 0 amide bonds. The van der Waals surface area contributed by atoms with Gasteiger partial charge in [-0.1, -0.05) is 0 Å². The largest absolute Gasteiger partial charge is 0.490 e. The standard InChI is InChI=1S/C13H20BrNO4S/c1-3-18-12-9-10(4-5-15)8-11(14)13(12)19-6-7-20(2,16)17/h8-9H,3-7,15H2,1-2H3. The fraction of sp³-hybridized carbons (Fsp3) is 0.538. The minimum atomic E-state index is -3.05. The van der Waals surface area contributed by atoms with Gasteiger partial charge in [0.25, 0.3) is 0 Å². The van der Waals surface area contributed by atoms with E-state index in [1.807, 2.05) is 19.1 Å². The Morgan fingerprint density at radius 2 is 2.00 bits per heavy atom. The van der Waals surface area contributed by atoms with E-state index >= 15 is 0 Å². The third-order valence-electron chi connectivity index (χ3n) is 2.50. The molecule has 0 aromatic heterocycles. The zero-order valence-electron chi connectivity index (χ0n) is 11.7. The molecule has 7 heteroatoms. The number of sulfone groups is 1. The maximum absolute atomic E-state index is 11.1. The zero-order valence-corrected chi connectivity index (χ0v) is 14.1. The molecule has 2 N–H and O–H groups in total. The molecule has 0 unspecified atom stereocenters. The molecule has 1 rings (SSSR count). The van der Waals surface area contributed by atoms with Crippen LogP contribution in [0.25, 0.3) is 0 Å². The first-order valence-electron chi connectivity index (χ1n) is 6.33. The fourth-order valence-electron chi connectivity index (χ4n) is 1.63. The summed E-state index contributed by atoms with van der Waals surface area (Å²) >= 11 is 3.42. The summed E-state index contributed by atoms with van der Waals surface area (Å²) in [4.78, 5) is 0. The molecule has 0 aliphatic heterocycles. The lowest BCUT2D eigenvalue weighted by Gasteiger charge is -2.15. The predicted octanol–water partition coefficient (Wildman–Crippen LogP) is 1.77. The van der Waals surface area contributed by atoms with E-state index < -0.39 is 9.84 Å². The molecule has 114 valence electrons. The van der Waals surface area contributed by atoms with Crippen LogP contribution in [0.15, 0.2) is 16.6 Å². The number of rotatable bonds is 8. The van der Waals surface area contributed by atoms with Gasteiger partial charge in [0.2, 0.25) is 0 Å². The van der Waals surface area contributed by atoms with E-state index in [0.29, 0.717) is 24.7 Å². The number of hydrogen-bond acceptors (Lipinski definition) is 5. The van der Waals surface area contributed by atoms with Gasteiger partial charge in [0, 0.05) is 6.26 Å². The molecule has 0 heterocycles. The van der Waals surface area contributed by atoms with Crippen molar-refractivity contribution in [3.8, 4) is 11.5 Å². The van der Waals surface area contributed by atoms with E-state index in [4.69, 9.17) is 15.2 Å². The summed E-state index contributed by atoms with van der Waals surface area (Å²) in [5, 5.41) is 0. The first-order chi connectivity index (χ1) is 9.37. The number of halogens is 1. The quantitative estimate of drug-likeness (QED) is 0.759. The van der Waals surface area contributed by atoms with Gasteiger partial charge in [0.1, 0.15) is 6.61 Å². The van der Waals surface area contributed by atoms with Gasteiger partial charge >= 0.3 is 0 Å². The Hall–Kier alpha value is -0.790. The molecule has 0 aliphatic carbocycles. The van der Waals surface area contributed by atoms with Gasteiger partial charge in [0.05, 0.1) is 16.8 Å². The normalized spacial score (nSPS) is 11.4. The van der Waals surface area contributed by atoms with E-state index in [2.05, 4.69) is 15.9 Å². The van der Waals surface area contributed by atoms with Gasteiger partial charge in [-0.15, -0.1) is 0 Å². The van der Waals surface area contributed by atoms with Gasteiger partial charge in [0.15, 0.2) is 21.3 Å². The van der Waals surface area contributed by atoms with Gasteiger partial charge < -0.3 is 15.2 Å². The molecule has 0 radical (unpaired) electrons. The topological polar surface area (TPSA) is 78.6 Å². The van der Waals surface area contributed by atoms with Crippen molar-refractivity contribution in [2.24, 2.45) is 5.73 Å². The highest BCUT2D eigenvalue weighted by atomic mass is 79.9. The Bertz CT molecular complexity index is 546. The maximum Gasteiger partial charge on any atom is 0.175 e. The minimum Gasteiger partial charge on any atom is -0.490 e. The zero-order chi connectivity index (χ0) is 15.2. The number of hydrogen-bond donors (Lipinski definition) is 1. The lowest BCUT2D eigenvalue weighted by atomic mass is 10.1. The van der Waals surface area contributed by atoms with Crippen LogP contribution in [0.4, 0.5) is 0 Å². The molecule has 20 heavy (non-hydrogen) atoms. The Morgan fingerprint density at radius 3 is 2.55 bits per heavy atom. The molecule has 0 saturated carbocycles. The average molecular weight is 366 g/mol. The molecule has 0 spiro atoms. The summed E-state index contributed by atoms with van der Waals surface area (Å²) in [5.74, 6) is 1.09. The van der Waals surface area contributed by atoms with Crippen LogP contribution >= 0.6 is 15.9 Å². The summed E-state index contributed by atoms with van der Waals surface area (Å²) in [6.45, 7) is 3.02. The number of benzene rings is 1. The highest BCUT2D eigenvalue weighted by Crippen LogP contribution is 2.37. The van der Waals surface area contributed by atoms with Crippen molar-refractivity contribution in [1.82, 2.24) is 0 Å². The van der Waals surface area contributed by atoms with Crippen molar-refractivity contribution in [3.63, 3.8) is 0 Å². The second kappa shape index (κ2) is 7.85. The molecule has 1 aromatic rings. The smallest absolute Gasteiger partial charge is 0.175 e. The summed E-state index contributed by atoms with van der Waals surface area (Å²) in [5.41, 5.74) is 6.59. The minimum absolute atomic E-state index is 0.0322. The van der Waals surface area contributed by atoms with Crippen molar-refractivity contribution >= 4 is 25.8 Å². The highest BCUT2D eigenvalue weighted by molar-refractivity contribution is 9.10. The van der Waals surface area contributed by atoms with Crippen LogP contribution < -0.4 is 15.2 Å². The Kier molecular flexibility index (Phi) is 6.78. The van der Waals surface area contributed by atoms with Crippen molar-refractivity contribution < 1.29 is 17.9 Å². The first kappa shape index (κ1) is 17.3. The summed E-state index contributed by atoms with van der Waals surface area (Å²) < 4.78 is 34.1. The molecule has 0 aliphatic rings. The monoisotopic (exact) mass is 365 g/mol. The van der Waals surface area contributed by atoms with E-state index in [9.17, 15) is 8.42 Å². The molecular formula is C13H20BrNO4S. The second-order valence-electron chi connectivity index (χ2n) is 4.35. The number of ether oxygens (including phenoxy) is 2. The van der Waals surface area contributed by atoms with E-state index in [1.165, 1.54) is 6.26 Å². The summed E-state index contributed by atoms with van der Waals surface area (Å²) in [7, 11) is -3.05. The van der Waals surface area contributed by atoms with Crippen LogP contribution in [-0.2, 0) is 16.3 Å². The van der Waals surface area contributed by atoms with Crippen LogP contribution in [0, 0.1) is 0 Å². The van der Waals surface area contributed by atoms with Gasteiger partial charge in [-0.05, 0) is 53.5 Å². The SMILES string of the molecule is CCOc1cc(CCN)cc(Br)c1OCCS(C)(=O)=O. The van der Waals surface area contributed by atoms with Gasteiger partial charge in [-0.3, -0.25) is 0 Å². The Balaban J connectivity index is 2.92. The van der Waals surface area contributed by atoms with E-state index in [0.717, 1.165) is 16.5 Å². The summed E-state index contributed by atoms with van der Waals surface area (Å²) in [6.07, 6.45) is 1.92. The van der Waals surface area contributed by atoms with Crippen LogP contribution in [0.3, 0.4) is 0 Å². The Labute approximate surface area is 128 Å². The molecule has 0 atom stereocenters. The van der Waals surface area contributed by atoms with Gasteiger partial charge in [-0.25, -0.2) is 8.42 Å². The molecule has 0 fully saturated rings. The summed E-state index contributed by atoms with van der Waals surface area (Å²) in [6, 6.07) is 3.78. The van der Waals surface area contributed by atoms with Crippen LogP contribution in [0.5, 0.6) is 11.5 Å². The molecule has 0 bridgehead atoms. The average Bonchev–Trinajstić information content (AvgIpc) is 2.32. The van der Waals surface area contributed by atoms with E-state index in [1.54, 1.807) is 0 Å². The lowest BCUT2D eigenvalue weighted by Crippen LogP contribution is -2.13. The van der Waals surface area contributed by atoms with Crippen LogP contribution in [-0.4, -0.2) is 40.2 Å². The van der Waals surface area contributed by atoms with Crippen molar-refractivity contribution in [3.05, 3.63) is 22.2 Å². The highest BCUT2D eigenvalue weighted by Gasteiger charge is 2.13. The number of nitrogens with two attached hydrogens (primary N) is 1. The van der Waals surface area contributed by atoms with Gasteiger partial charge in [-0.2, -0.15) is 0 Å². The molecule has 0 saturated heterocycles. The third-order valence-corrected chi connectivity index (χ3v) is 4.00. The van der Waals surface area contributed by atoms with Crippen molar-refractivity contribution in [1.29, 1.82) is 0 Å².